The summed E-state index contributed by atoms with van der Waals surface area (Å²) in [5.74, 6) is -6.49. The number of piperidine rings is 1. The van der Waals surface area contributed by atoms with Crippen molar-refractivity contribution in [2.45, 2.75) is 82.4 Å². The summed E-state index contributed by atoms with van der Waals surface area (Å²) >= 11 is 6.12. The fourth-order valence-electron chi connectivity index (χ4n) is 6.01. The second-order valence-corrected chi connectivity index (χ2v) is 14.1. The Bertz CT molecular complexity index is 1550. The van der Waals surface area contributed by atoms with Gasteiger partial charge in [0.15, 0.2) is 0 Å². The predicted octanol–water partition coefficient (Wildman–Crippen LogP) is 7.06. The summed E-state index contributed by atoms with van der Waals surface area (Å²) in [4.78, 5) is 51.6. The number of rotatable bonds is 8. The van der Waals surface area contributed by atoms with Gasteiger partial charge < -0.3 is 34.9 Å². The van der Waals surface area contributed by atoms with Crippen LogP contribution >= 0.6 is 11.6 Å². The minimum Gasteiger partial charge on any atom is -0.475 e. The molecule has 328 valence electrons. The minimum absolute atomic E-state index is 0.208. The fourth-order valence-corrected chi connectivity index (χ4v) is 6.13. The highest BCUT2D eigenvalue weighted by atomic mass is 35.5. The Labute approximate surface area is 332 Å². The molecule has 2 saturated heterocycles. The third kappa shape index (κ3) is 18.5. The number of nitrogens with one attached hydrogen (secondary N) is 1. The Morgan fingerprint density at radius 1 is 0.759 bits per heavy atom. The third-order valence-corrected chi connectivity index (χ3v) is 9.37. The molecule has 0 spiro atoms. The number of carbonyl (C=O) groups excluding carboxylic acids is 1. The van der Waals surface area contributed by atoms with Crippen LogP contribution in [0.25, 0.3) is 11.3 Å². The molecule has 0 atom stereocenters. The summed E-state index contributed by atoms with van der Waals surface area (Å²) in [6.07, 6.45) is -5.59. The normalized spacial score (nSPS) is 17.4. The molecule has 1 aromatic heterocycles. The first kappa shape index (κ1) is 49.8. The number of likely N-dealkylation sites (tertiary alicyclic amines) is 1. The number of amides is 1. The van der Waals surface area contributed by atoms with E-state index in [1.54, 1.807) is 0 Å². The molecule has 0 unspecified atom stereocenters. The highest BCUT2D eigenvalue weighted by Gasteiger charge is 2.39. The van der Waals surface area contributed by atoms with Gasteiger partial charge in [-0.05, 0) is 63.9 Å². The molecule has 4 N–H and O–H groups in total. The van der Waals surface area contributed by atoms with E-state index in [4.69, 9.17) is 50.7 Å². The second-order valence-electron chi connectivity index (χ2n) is 13.6. The number of halogens is 10. The molecule has 1 saturated carbocycles. The van der Waals surface area contributed by atoms with Gasteiger partial charge in [0, 0.05) is 62.2 Å². The van der Waals surface area contributed by atoms with Gasteiger partial charge in [-0.2, -0.15) is 44.5 Å². The van der Waals surface area contributed by atoms with E-state index in [1.807, 2.05) is 29.2 Å². The summed E-state index contributed by atoms with van der Waals surface area (Å²) in [6.45, 7) is 7.19. The zero-order valence-electron chi connectivity index (χ0n) is 31.2. The summed E-state index contributed by atoms with van der Waals surface area (Å²) in [7, 11) is 2.21. The quantitative estimate of drug-likeness (QED) is 0.199. The van der Waals surface area contributed by atoms with E-state index in [0.717, 1.165) is 62.0 Å². The molecule has 5 rings (SSSR count). The maximum absolute atomic E-state index is 13.1. The van der Waals surface area contributed by atoms with E-state index in [-0.39, 0.29) is 5.91 Å². The molecule has 2 aromatic rings. The standard InChI is InChI=1S/C29H42ClN5O2.3C2HF3O2/c1-33-15-13-22(14-16-33)21-34-17-19-35(20-18-34)27(36)12-11-26-28(23-7-9-24(30)10-8-23)32-29(37-26)31-25-5-3-2-4-6-25;3*3-2(4,5)1(6)7/h7-10,22,25H,2-6,11-21H2,1H3,(H,31,32);3*(H,6,7). The Morgan fingerprint density at radius 3 is 1.67 bits per heavy atom. The van der Waals surface area contributed by atoms with E-state index in [9.17, 15) is 44.3 Å². The fraction of sp³-hybridized carbons (Fsp3) is 0.629. The number of aromatic nitrogens is 1. The van der Waals surface area contributed by atoms with E-state index in [1.165, 1.54) is 51.7 Å². The van der Waals surface area contributed by atoms with Gasteiger partial charge in [0.25, 0.3) is 6.01 Å². The van der Waals surface area contributed by atoms with Crippen molar-refractivity contribution in [1.82, 2.24) is 19.7 Å². The summed E-state index contributed by atoms with van der Waals surface area (Å²) in [5, 5.41) is 25.6. The largest absolute Gasteiger partial charge is 0.490 e. The second kappa shape index (κ2) is 22.7. The molecule has 3 aliphatic rings. The van der Waals surface area contributed by atoms with Crippen molar-refractivity contribution in [3.63, 3.8) is 0 Å². The summed E-state index contributed by atoms with van der Waals surface area (Å²) < 4.78 is 101. The molecule has 13 nitrogen and oxygen atoms in total. The average molecular weight is 870 g/mol. The Balaban J connectivity index is 0.000000453. The van der Waals surface area contributed by atoms with Gasteiger partial charge in [0.05, 0.1) is 0 Å². The molecule has 23 heteroatoms. The summed E-state index contributed by atoms with van der Waals surface area (Å²) in [5.41, 5.74) is 1.78. The van der Waals surface area contributed by atoms with Crippen LogP contribution in [0.15, 0.2) is 28.7 Å². The number of piperazine rings is 1. The van der Waals surface area contributed by atoms with Crippen molar-refractivity contribution in [3.05, 3.63) is 35.0 Å². The predicted molar refractivity (Wildman–Crippen MR) is 190 cm³/mol. The van der Waals surface area contributed by atoms with Gasteiger partial charge in [-0.15, -0.1) is 0 Å². The van der Waals surface area contributed by atoms with E-state index in [2.05, 4.69) is 22.2 Å². The number of alkyl halides is 9. The Morgan fingerprint density at radius 2 is 1.22 bits per heavy atom. The molecular formula is C35H45ClF9N5O8. The Hall–Kier alpha value is -4.31. The number of hydrogen-bond donors (Lipinski definition) is 4. The van der Waals surface area contributed by atoms with Crippen molar-refractivity contribution in [3.8, 4) is 11.3 Å². The van der Waals surface area contributed by atoms with Crippen LogP contribution in [0.1, 0.15) is 57.1 Å². The van der Waals surface area contributed by atoms with Crippen molar-refractivity contribution in [2.24, 2.45) is 5.92 Å². The monoisotopic (exact) mass is 869 g/mol. The first-order chi connectivity index (χ1) is 26.9. The molecule has 1 aromatic carbocycles. The number of carbonyl (C=O) groups is 4. The number of oxazole rings is 1. The smallest absolute Gasteiger partial charge is 0.475 e. The van der Waals surface area contributed by atoms with Crippen molar-refractivity contribution in [2.75, 3.05) is 58.2 Å². The Kier molecular flexibility index (Phi) is 19.5. The van der Waals surface area contributed by atoms with E-state index < -0.39 is 36.4 Å². The van der Waals surface area contributed by atoms with Crippen LogP contribution in [0.5, 0.6) is 0 Å². The zero-order chi connectivity index (χ0) is 43.8. The van der Waals surface area contributed by atoms with Crippen LogP contribution in [-0.2, 0) is 25.6 Å². The van der Waals surface area contributed by atoms with Gasteiger partial charge in [-0.25, -0.2) is 14.4 Å². The highest BCUT2D eigenvalue weighted by molar-refractivity contribution is 6.30. The van der Waals surface area contributed by atoms with Gasteiger partial charge in [0.2, 0.25) is 5.91 Å². The highest BCUT2D eigenvalue weighted by Crippen LogP contribution is 2.30. The molecular weight excluding hydrogens is 825 g/mol. The van der Waals surface area contributed by atoms with Crippen LogP contribution < -0.4 is 5.32 Å². The maximum atomic E-state index is 13.1. The summed E-state index contributed by atoms with van der Waals surface area (Å²) in [6, 6.07) is 8.67. The molecule has 0 radical (unpaired) electrons. The molecule has 1 amide bonds. The molecule has 2 aliphatic heterocycles. The van der Waals surface area contributed by atoms with Crippen LogP contribution in [0, 0.1) is 5.92 Å². The van der Waals surface area contributed by atoms with Crippen LogP contribution in [0.4, 0.5) is 45.5 Å². The average Bonchev–Trinajstić information content (AvgIpc) is 3.54. The SMILES string of the molecule is CN1CCC(CN2CCN(C(=O)CCc3oc(NC4CCCCC4)nc3-c3ccc(Cl)cc3)CC2)CC1.O=C(O)C(F)(F)F.O=C(O)C(F)(F)F.O=C(O)C(F)(F)F. The zero-order valence-corrected chi connectivity index (χ0v) is 32.0. The molecule has 0 bridgehead atoms. The molecule has 1 aliphatic carbocycles. The minimum atomic E-state index is -5.08. The number of benzene rings is 1. The molecule has 58 heavy (non-hydrogen) atoms. The van der Waals surface area contributed by atoms with Crippen LogP contribution in [0.3, 0.4) is 0 Å². The number of nitrogens with zero attached hydrogens (tertiary/aromatic N) is 4. The first-order valence-corrected chi connectivity index (χ1v) is 18.4. The molecule has 3 fully saturated rings. The first-order valence-electron chi connectivity index (χ1n) is 18.0. The number of hydrogen-bond acceptors (Lipinski definition) is 9. The lowest BCUT2D eigenvalue weighted by molar-refractivity contribution is -0.193. The third-order valence-electron chi connectivity index (χ3n) is 9.12. The van der Waals surface area contributed by atoms with Gasteiger partial charge >= 0.3 is 36.4 Å². The van der Waals surface area contributed by atoms with Crippen molar-refractivity contribution >= 4 is 41.4 Å². The van der Waals surface area contributed by atoms with Crippen LogP contribution in [0.2, 0.25) is 5.02 Å². The number of carboxylic acids is 3. The van der Waals surface area contributed by atoms with Gasteiger partial charge in [-0.3, -0.25) is 9.69 Å². The van der Waals surface area contributed by atoms with E-state index >= 15 is 0 Å². The van der Waals surface area contributed by atoms with Crippen LogP contribution in [-0.4, -0.2) is 136 Å². The van der Waals surface area contributed by atoms with Gasteiger partial charge in [0.1, 0.15) is 11.5 Å². The lowest BCUT2D eigenvalue weighted by atomic mass is 9.96. The number of carboxylic acid groups (broad SMARTS) is 3. The van der Waals surface area contributed by atoms with Gasteiger partial charge in [-0.1, -0.05) is 43.0 Å². The lowest BCUT2D eigenvalue weighted by Crippen LogP contribution is -2.50. The topological polar surface area (TPSA) is 177 Å². The number of aliphatic carboxylic acids is 3. The van der Waals surface area contributed by atoms with E-state index in [0.29, 0.717) is 29.9 Å². The molecule has 3 heterocycles. The van der Waals surface area contributed by atoms with Crippen molar-refractivity contribution < 1.29 is 78.4 Å². The maximum Gasteiger partial charge on any atom is 0.490 e. The number of anilines is 1. The number of aryl methyl sites for hydroxylation is 1. The lowest BCUT2D eigenvalue weighted by Gasteiger charge is -2.38. The van der Waals surface area contributed by atoms with Crippen molar-refractivity contribution in [1.29, 1.82) is 0 Å².